The Morgan fingerprint density at radius 2 is 1.84 bits per heavy atom. The highest BCUT2D eigenvalue weighted by Gasteiger charge is 2.20. The van der Waals surface area contributed by atoms with Gasteiger partial charge in [0, 0.05) is 6.42 Å². The third kappa shape index (κ3) is 9.87. The average molecular weight is 274 g/mol. The molecule has 1 rings (SSSR count). The zero-order valence-corrected chi connectivity index (χ0v) is 11.6. The normalized spacial score (nSPS) is 19.2. The number of aliphatic hydroxyl groups is 2. The highest BCUT2D eigenvalue weighted by atomic mass is 16.6. The van der Waals surface area contributed by atoms with Crippen molar-refractivity contribution >= 4 is 5.97 Å². The number of aliphatic hydroxyl groups excluding tert-OH is 2. The molecule has 0 aromatic carbocycles. The second-order valence-corrected chi connectivity index (χ2v) is 5.13. The van der Waals surface area contributed by atoms with Crippen LogP contribution in [0.3, 0.4) is 0 Å². The first kappa shape index (κ1) is 16.4. The quantitative estimate of drug-likeness (QED) is 0.319. The molecule has 1 heterocycles. The van der Waals surface area contributed by atoms with Crippen LogP contribution in [0.1, 0.15) is 51.4 Å². The van der Waals surface area contributed by atoms with E-state index in [1.54, 1.807) is 0 Å². The molecule has 2 atom stereocenters. The van der Waals surface area contributed by atoms with Crippen LogP contribution in [0.2, 0.25) is 0 Å². The molecule has 0 amide bonds. The van der Waals surface area contributed by atoms with Crippen molar-refractivity contribution in [3.63, 3.8) is 0 Å². The molecule has 1 aliphatic heterocycles. The monoisotopic (exact) mass is 274 g/mol. The number of epoxide rings is 1. The molecule has 5 nitrogen and oxygen atoms in total. The topological polar surface area (TPSA) is 79.3 Å². The van der Waals surface area contributed by atoms with Gasteiger partial charge in [0.05, 0.1) is 19.3 Å². The van der Waals surface area contributed by atoms with Crippen molar-refractivity contribution in [3.05, 3.63) is 0 Å². The highest BCUT2D eigenvalue weighted by Crippen LogP contribution is 2.18. The number of carbonyl (C=O) groups is 1. The van der Waals surface area contributed by atoms with E-state index in [9.17, 15) is 4.79 Å². The minimum Gasteiger partial charge on any atom is -0.463 e. The third-order valence-corrected chi connectivity index (χ3v) is 3.21. The van der Waals surface area contributed by atoms with Gasteiger partial charge in [0.15, 0.2) is 0 Å². The van der Waals surface area contributed by atoms with Gasteiger partial charge in [-0.2, -0.15) is 0 Å². The fourth-order valence-corrected chi connectivity index (χ4v) is 1.90. The van der Waals surface area contributed by atoms with E-state index in [0.29, 0.717) is 12.5 Å². The molecule has 0 aliphatic carbocycles. The van der Waals surface area contributed by atoms with Crippen LogP contribution in [0, 0.1) is 0 Å². The van der Waals surface area contributed by atoms with Crippen LogP contribution in [0.15, 0.2) is 0 Å². The lowest BCUT2D eigenvalue weighted by molar-refractivity contribution is -0.147. The Balaban J connectivity index is 1.77. The van der Waals surface area contributed by atoms with E-state index in [2.05, 4.69) is 0 Å². The Morgan fingerprint density at radius 3 is 2.47 bits per heavy atom. The summed E-state index contributed by atoms with van der Waals surface area (Å²) in [5.74, 6) is -0.293. The van der Waals surface area contributed by atoms with Gasteiger partial charge in [-0.15, -0.1) is 0 Å². The van der Waals surface area contributed by atoms with Gasteiger partial charge >= 0.3 is 5.97 Å². The largest absolute Gasteiger partial charge is 0.463 e. The highest BCUT2D eigenvalue weighted by molar-refractivity contribution is 5.69. The van der Waals surface area contributed by atoms with Crippen molar-refractivity contribution in [3.8, 4) is 0 Å². The summed E-state index contributed by atoms with van der Waals surface area (Å²) in [6.07, 6.45) is 7.90. The van der Waals surface area contributed by atoms with Gasteiger partial charge in [-0.3, -0.25) is 4.79 Å². The Labute approximate surface area is 114 Å². The van der Waals surface area contributed by atoms with Gasteiger partial charge in [-0.05, 0) is 12.8 Å². The predicted molar refractivity (Wildman–Crippen MR) is 70.7 cm³/mol. The molecule has 0 radical (unpaired) electrons. The van der Waals surface area contributed by atoms with Crippen molar-refractivity contribution in [2.45, 2.75) is 63.6 Å². The summed E-state index contributed by atoms with van der Waals surface area (Å²) < 4.78 is 9.95. The van der Waals surface area contributed by atoms with Crippen LogP contribution in [0.4, 0.5) is 0 Å². The maximum atomic E-state index is 11.3. The first-order valence-corrected chi connectivity index (χ1v) is 7.28. The van der Waals surface area contributed by atoms with Crippen LogP contribution in [0.25, 0.3) is 0 Å². The standard InChI is InChI=1S/C14H26O5/c15-9-12(16)10-19-14(17)8-6-4-2-1-3-5-7-13-11-18-13/h12-13,15-16H,1-11H2. The molecule has 2 unspecified atom stereocenters. The molecular weight excluding hydrogens is 248 g/mol. The number of carbonyl (C=O) groups excluding carboxylic acids is 1. The van der Waals surface area contributed by atoms with Crippen LogP contribution in [-0.4, -0.2) is 48.2 Å². The van der Waals surface area contributed by atoms with Gasteiger partial charge < -0.3 is 19.7 Å². The Hall–Kier alpha value is -0.650. The fourth-order valence-electron chi connectivity index (χ4n) is 1.90. The smallest absolute Gasteiger partial charge is 0.305 e. The number of unbranched alkanes of at least 4 members (excludes halogenated alkanes) is 5. The van der Waals surface area contributed by atoms with Crippen LogP contribution >= 0.6 is 0 Å². The predicted octanol–water partition coefficient (Wildman–Crippen LogP) is 1.40. The van der Waals surface area contributed by atoms with Crippen molar-refractivity contribution < 1.29 is 24.5 Å². The summed E-state index contributed by atoms with van der Waals surface area (Å²) in [5.41, 5.74) is 0. The average Bonchev–Trinajstić information content (AvgIpc) is 3.23. The summed E-state index contributed by atoms with van der Waals surface area (Å²) in [7, 11) is 0. The van der Waals surface area contributed by atoms with E-state index in [-0.39, 0.29) is 19.2 Å². The van der Waals surface area contributed by atoms with Gasteiger partial charge in [0.1, 0.15) is 12.7 Å². The van der Waals surface area contributed by atoms with Crippen LogP contribution in [0.5, 0.6) is 0 Å². The van der Waals surface area contributed by atoms with Crippen LogP contribution < -0.4 is 0 Å². The third-order valence-electron chi connectivity index (χ3n) is 3.21. The van der Waals surface area contributed by atoms with E-state index in [1.807, 2.05) is 0 Å². The van der Waals surface area contributed by atoms with E-state index in [0.717, 1.165) is 25.9 Å². The number of rotatable bonds is 12. The van der Waals surface area contributed by atoms with E-state index < -0.39 is 6.10 Å². The Morgan fingerprint density at radius 1 is 1.21 bits per heavy atom. The summed E-state index contributed by atoms with van der Waals surface area (Å²) in [6, 6.07) is 0. The first-order chi connectivity index (χ1) is 9.22. The molecule has 1 fully saturated rings. The van der Waals surface area contributed by atoms with Crippen LogP contribution in [-0.2, 0) is 14.3 Å². The number of esters is 1. The summed E-state index contributed by atoms with van der Waals surface area (Å²) >= 11 is 0. The summed E-state index contributed by atoms with van der Waals surface area (Å²) in [6.45, 7) is 0.463. The molecule has 5 heteroatoms. The summed E-state index contributed by atoms with van der Waals surface area (Å²) in [5, 5.41) is 17.6. The second kappa shape index (κ2) is 10.2. The van der Waals surface area contributed by atoms with Gasteiger partial charge in [-0.1, -0.05) is 32.1 Å². The summed E-state index contributed by atoms with van der Waals surface area (Å²) in [4.78, 5) is 11.3. The maximum Gasteiger partial charge on any atom is 0.305 e. The second-order valence-electron chi connectivity index (χ2n) is 5.13. The molecule has 19 heavy (non-hydrogen) atoms. The number of hydrogen-bond donors (Lipinski definition) is 2. The zero-order chi connectivity index (χ0) is 13.9. The lowest BCUT2D eigenvalue weighted by atomic mass is 10.1. The molecule has 112 valence electrons. The zero-order valence-electron chi connectivity index (χ0n) is 11.6. The Kier molecular flexibility index (Phi) is 8.79. The van der Waals surface area contributed by atoms with Crippen molar-refractivity contribution in [1.29, 1.82) is 0 Å². The molecule has 0 bridgehead atoms. The van der Waals surface area contributed by atoms with Gasteiger partial charge in [-0.25, -0.2) is 0 Å². The van der Waals surface area contributed by atoms with Gasteiger partial charge in [0.25, 0.3) is 0 Å². The molecule has 0 aromatic heterocycles. The van der Waals surface area contributed by atoms with E-state index in [1.165, 1.54) is 25.7 Å². The lowest BCUT2D eigenvalue weighted by Gasteiger charge is -2.08. The lowest BCUT2D eigenvalue weighted by Crippen LogP contribution is -2.21. The molecule has 2 N–H and O–H groups in total. The van der Waals surface area contributed by atoms with Gasteiger partial charge in [0.2, 0.25) is 0 Å². The molecule has 1 aliphatic rings. The molecular formula is C14H26O5. The molecule has 0 spiro atoms. The molecule has 1 saturated heterocycles. The number of ether oxygens (including phenoxy) is 2. The first-order valence-electron chi connectivity index (χ1n) is 7.28. The SMILES string of the molecule is O=C(CCCCCCCCC1CO1)OCC(O)CO. The fraction of sp³-hybridized carbons (Fsp3) is 0.929. The minimum atomic E-state index is -0.959. The number of hydrogen-bond acceptors (Lipinski definition) is 5. The van der Waals surface area contributed by atoms with E-state index >= 15 is 0 Å². The minimum absolute atomic E-state index is 0.113. The van der Waals surface area contributed by atoms with E-state index in [4.69, 9.17) is 19.7 Å². The molecule has 0 aromatic rings. The van der Waals surface area contributed by atoms with Crippen molar-refractivity contribution in [2.75, 3.05) is 19.8 Å². The van der Waals surface area contributed by atoms with Crippen molar-refractivity contribution in [1.82, 2.24) is 0 Å². The molecule has 0 saturated carbocycles. The van der Waals surface area contributed by atoms with Crippen molar-refractivity contribution in [2.24, 2.45) is 0 Å². The Bertz CT molecular complexity index is 240. The maximum absolute atomic E-state index is 11.3.